The number of aromatic nitrogens is 1. The number of rotatable bonds is 4. The number of aryl methyl sites for hydroxylation is 1. The highest BCUT2D eigenvalue weighted by molar-refractivity contribution is 5.86. The van der Waals surface area contributed by atoms with Crippen LogP contribution in [0.4, 0.5) is 5.69 Å². The predicted molar refractivity (Wildman–Crippen MR) is 82.8 cm³/mol. The summed E-state index contributed by atoms with van der Waals surface area (Å²) < 4.78 is 8.06. The lowest BCUT2D eigenvalue weighted by molar-refractivity contribution is 0.307. The highest BCUT2D eigenvalue weighted by Gasteiger charge is 2.08. The second-order valence-corrected chi connectivity index (χ2v) is 4.82. The minimum atomic E-state index is 0.553. The molecule has 0 amide bonds. The Kier molecular flexibility index (Phi) is 3.33. The van der Waals surface area contributed by atoms with Crippen molar-refractivity contribution in [2.24, 2.45) is 0 Å². The van der Waals surface area contributed by atoms with E-state index in [4.69, 9.17) is 10.5 Å². The van der Waals surface area contributed by atoms with Crippen molar-refractivity contribution in [1.82, 2.24) is 4.57 Å². The van der Waals surface area contributed by atoms with Crippen LogP contribution < -0.4 is 10.5 Å². The number of nitrogens with two attached hydrogens (primary N) is 1. The maximum atomic E-state index is 5.90. The fourth-order valence-corrected chi connectivity index (χ4v) is 2.44. The molecule has 0 saturated carbocycles. The summed E-state index contributed by atoms with van der Waals surface area (Å²) in [6, 6.07) is 15.9. The smallest absolute Gasteiger partial charge is 0.119 e. The minimum Gasteiger partial charge on any atom is -0.489 e. The van der Waals surface area contributed by atoms with Crippen LogP contribution >= 0.6 is 0 Å². The average Bonchev–Trinajstić information content (AvgIpc) is 2.83. The molecule has 102 valence electrons. The summed E-state index contributed by atoms with van der Waals surface area (Å²) in [6.07, 6.45) is 2.15. The van der Waals surface area contributed by atoms with Gasteiger partial charge in [-0.05, 0) is 37.3 Å². The Balaban J connectivity index is 1.93. The molecule has 3 rings (SSSR count). The van der Waals surface area contributed by atoms with E-state index in [-0.39, 0.29) is 0 Å². The van der Waals surface area contributed by atoms with Crippen molar-refractivity contribution in [2.75, 3.05) is 5.73 Å². The molecule has 2 aromatic carbocycles. The molecule has 0 saturated heterocycles. The number of para-hydroxylation sites is 1. The number of anilines is 1. The van der Waals surface area contributed by atoms with Gasteiger partial charge in [0.2, 0.25) is 0 Å². The van der Waals surface area contributed by atoms with Gasteiger partial charge in [-0.1, -0.05) is 18.2 Å². The lowest BCUT2D eigenvalue weighted by atomic mass is 10.1. The molecule has 0 fully saturated rings. The normalized spacial score (nSPS) is 10.8. The van der Waals surface area contributed by atoms with Crippen LogP contribution in [0.5, 0.6) is 5.75 Å². The molecule has 0 aliphatic carbocycles. The summed E-state index contributed by atoms with van der Waals surface area (Å²) in [5.41, 5.74) is 9.05. The topological polar surface area (TPSA) is 40.2 Å². The fraction of sp³-hybridized carbons (Fsp3) is 0.176. The molecule has 0 atom stereocenters. The van der Waals surface area contributed by atoms with Gasteiger partial charge in [0.05, 0.1) is 0 Å². The van der Waals surface area contributed by atoms with Gasteiger partial charge in [0, 0.05) is 34.9 Å². The van der Waals surface area contributed by atoms with Gasteiger partial charge in [0.15, 0.2) is 0 Å². The second-order valence-electron chi connectivity index (χ2n) is 4.82. The van der Waals surface area contributed by atoms with Crippen LogP contribution in [0.2, 0.25) is 0 Å². The van der Waals surface area contributed by atoms with Crippen LogP contribution in [-0.2, 0) is 13.2 Å². The molecule has 0 aliphatic rings. The van der Waals surface area contributed by atoms with E-state index in [9.17, 15) is 0 Å². The van der Waals surface area contributed by atoms with Crippen LogP contribution in [0.3, 0.4) is 0 Å². The lowest BCUT2D eigenvalue weighted by Gasteiger charge is -2.05. The molecule has 0 radical (unpaired) electrons. The average molecular weight is 266 g/mol. The van der Waals surface area contributed by atoms with Crippen molar-refractivity contribution in [2.45, 2.75) is 20.1 Å². The van der Waals surface area contributed by atoms with Gasteiger partial charge in [-0.25, -0.2) is 0 Å². The van der Waals surface area contributed by atoms with Crippen LogP contribution in [0.25, 0.3) is 10.9 Å². The Labute approximate surface area is 118 Å². The quantitative estimate of drug-likeness (QED) is 0.729. The van der Waals surface area contributed by atoms with Crippen LogP contribution in [0.1, 0.15) is 12.5 Å². The third kappa shape index (κ3) is 2.35. The number of benzene rings is 2. The summed E-state index contributed by atoms with van der Waals surface area (Å²) in [7, 11) is 0. The molecule has 1 aromatic heterocycles. The molecule has 20 heavy (non-hydrogen) atoms. The second kappa shape index (κ2) is 5.29. The first-order valence-corrected chi connectivity index (χ1v) is 6.83. The van der Waals surface area contributed by atoms with Crippen LogP contribution in [0.15, 0.2) is 54.7 Å². The Bertz CT molecular complexity index is 716. The van der Waals surface area contributed by atoms with Crippen molar-refractivity contribution < 1.29 is 4.74 Å². The zero-order valence-corrected chi connectivity index (χ0v) is 11.5. The molecule has 0 spiro atoms. The van der Waals surface area contributed by atoms with E-state index in [0.29, 0.717) is 6.61 Å². The van der Waals surface area contributed by atoms with Gasteiger partial charge >= 0.3 is 0 Å². The van der Waals surface area contributed by atoms with E-state index in [1.54, 1.807) is 0 Å². The van der Waals surface area contributed by atoms with E-state index in [2.05, 4.69) is 23.8 Å². The predicted octanol–water partition coefficient (Wildman–Crippen LogP) is 3.82. The molecule has 1 heterocycles. The standard InChI is InChI=1S/C17H18N2O/c1-2-19-11-13(12-20-15-6-4-3-5-7-15)16-10-14(18)8-9-17(16)19/h3-11H,2,12,18H2,1H3. The van der Waals surface area contributed by atoms with Gasteiger partial charge < -0.3 is 15.0 Å². The van der Waals surface area contributed by atoms with Crippen LogP contribution in [-0.4, -0.2) is 4.57 Å². The zero-order chi connectivity index (χ0) is 13.9. The van der Waals surface area contributed by atoms with Gasteiger partial charge in [-0.2, -0.15) is 0 Å². The van der Waals surface area contributed by atoms with Gasteiger partial charge in [-0.3, -0.25) is 0 Å². The Morgan fingerprint density at radius 2 is 1.90 bits per heavy atom. The van der Waals surface area contributed by atoms with E-state index in [0.717, 1.165) is 23.5 Å². The van der Waals surface area contributed by atoms with Crippen molar-refractivity contribution in [3.8, 4) is 5.75 Å². The molecular formula is C17H18N2O. The summed E-state index contributed by atoms with van der Waals surface area (Å²) >= 11 is 0. The van der Waals surface area contributed by atoms with Gasteiger partial charge in [0.25, 0.3) is 0 Å². The van der Waals surface area contributed by atoms with Gasteiger partial charge in [0.1, 0.15) is 12.4 Å². The lowest BCUT2D eigenvalue weighted by Crippen LogP contribution is -1.94. The van der Waals surface area contributed by atoms with E-state index < -0.39 is 0 Å². The Hall–Kier alpha value is -2.42. The number of fused-ring (bicyclic) bond motifs is 1. The summed E-state index contributed by atoms with van der Waals surface area (Å²) in [5, 5.41) is 1.17. The Morgan fingerprint density at radius 1 is 1.10 bits per heavy atom. The van der Waals surface area contributed by atoms with E-state index in [1.165, 1.54) is 10.9 Å². The third-order valence-corrected chi connectivity index (χ3v) is 3.47. The largest absolute Gasteiger partial charge is 0.489 e. The molecular weight excluding hydrogens is 248 g/mol. The molecule has 0 unspecified atom stereocenters. The number of nitrogen functional groups attached to an aromatic ring is 1. The SMILES string of the molecule is CCn1cc(COc2ccccc2)c2cc(N)ccc21. The molecule has 0 aliphatic heterocycles. The maximum absolute atomic E-state index is 5.90. The first kappa shape index (κ1) is 12.6. The minimum absolute atomic E-state index is 0.553. The van der Waals surface area contributed by atoms with Crippen LogP contribution in [0, 0.1) is 0 Å². The third-order valence-electron chi connectivity index (χ3n) is 3.47. The van der Waals surface area contributed by atoms with E-state index >= 15 is 0 Å². The highest BCUT2D eigenvalue weighted by atomic mass is 16.5. The highest BCUT2D eigenvalue weighted by Crippen LogP contribution is 2.25. The molecule has 3 nitrogen and oxygen atoms in total. The molecule has 0 bridgehead atoms. The first-order chi connectivity index (χ1) is 9.78. The molecule has 3 aromatic rings. The van der Waals surface area contributed by atoms with Crippen molar-refractivity contribution >= 4 is 16.6 Å². The van der Waals surface area contributed by atoms with Crippen molar-refractivity contribution in [3.63, 3.8) is 0 Å². The fourth-order valence-electron chi connectivity index (χ4n) is 2.44. The number of nitrogens with zero attached hydrogens (tertiary/aromatic N) is 1. The maximum Gasteiger partial charge on any atom is 0.119 e. The van der Waals surface area contributed by atoms with Crippen molar-refractivity contribution in [1.29, 1.82) is 0 Å². The Morgan fingerprint density at radius 3 is 2.65 bits per heavy atom. The number of ether oxygens (including phenoxy) is 1. The van der Waals surface area contributed by atoms with Gasteiger partial charge in [-0.15, -0.1) is 0 Å². The monoisotopic (exact) mass is 266 g/mol. The summed E-state index contributed by atoms with van der Waals surface area (Å²) in [6.45, 7) is 3.63. The number of hydrogen-bond donors (Lipinski definition) is 1. The number of hydrogen-bond acceptors (Lipinski definition) is 2. The summed E-state index contributed by atoms with van der Waals surface area (Å²) in [5.74, 6) is 0.883. The summed E-state index contributed by atoms with van der Waals surface area (Å²) in [4.78, 5) is 0. The van der Waals surface area contributed by atoms with Crippen molar-refractivity contribution in [3.05, 3.63) is 60.3 Å². The zero-order valence-electron chi connectivity index (χ0n) is 11.5. The molecule has 3 heteroatoms. The van der Waals surface area contributed by atoms with E-state index in [1.807, 2.05) is 42.5 Å². The molecule has 2 N–H and O–H groups in total. The first-order valence-electron chi connectivity index (χ1n) is 6.83.